The first kappa shape index (κ1) is 14.7. The normalized spacial score (nSPS) is 11.6. The van der Waals surface area contributed by atoms with E-state index in [9.17, 15) is 12.9 Å². The van der Waals surface area contributed by atoms with Crippen LogP contribution in [0.25, 0.3) is 0 Å². The van der Waals surface area contributed by atoms with Gasteiger partial charge in [0.1, 0.15) is 0 Å². The predicted molar refractivity (Wildman–Crippen MR) is 45.8 cm³/mol. The second kappa shape index (κ2) is 5.69. The molecule has 0 bridgehead atoms. The molecule has 2 nitrogen and oxygen atoms in total. The first-order valence-corrected chi connectivity index (χ1v) is 4.13. The van der Waals surface area contributed by atoms with Crippen molar-refractivity contribution in [2.24, 2.45) is 5.92 Å². The van der Waals surface area contributed by atoms with E-state index in [1.54, 1.807) is 0 Å². The Morgan fingerprint density at radius 1 is 1.43 bits per heavy atom. The molecule has 0 saturated carbocycles. The van der Waals surface area contributed by atoms with Crippen molar-refractivity contribution < 1.29 is 64.3 Å². The standard InChI is InChI=1S/C7H11BF3N2.K/c1-6(2)5-13-4-3-7(12-13)8(9,10)11;/h3-4,6H,5H2,1-2H3;/q-1;+1. The van der Waals surface area contributed by atoms with Crippen LogP contribution in [-0.4, -0.2) is 16.8 Å². The van der Waals surface area contributed by atoms with Crippen LogP contribution in [0.1, 0.15) is 13.8 Å². The van der Waals surface area contributed by atoms with Gasteiger partial charge in [0, 0.05) is 18.3 Å². The molecule has 14 heavy (non-hydrogen) atoms. The predicted octanol–water partition coefficient (Wildman–Crippen LogP) is -1.40. The Hall–Kier alpha value is 0.701. The minimum atomic E-state index is -4.95. The van der Waals surface area contributed by atoms with Crippen molar-refractivity contribution in [1.29, 1.82) is 0 Å². The molecule has 0 N–H and O–H groups in total. The molecule has 0 aliphatic rings. The van der Waals surface area contributed by atoms with E-state index in [1.807, 2.05) is 13.8 Å². The fourth-order valence-electron chi connectivity index (χ4n) is 1.03. The molecule has 1 heterocycles. The third kappa shape index (κ3) is 4.48. The van der Waals surface area contributed by atoms with Gasteiger partial charge in [-0.2, -0.15) is 0 Å². The molecule has 7 heteroatoms. The fraction of sp³-hybridized carbons (Fsp3) is 0.571. The van der Waals surface area contributed by atoms with Gasteiger partial charge >= 0.3 is 58.4 Å². The van der Waals surface area contributed by atoms with Gasteiger partial charge in [0.15, 0.2) is 0 Å². The molecule has 0 fully saturated rings. The van der Waals surface area contributed by atoms with Gasteiger partial charge in [0.05, 0.1) is 0 Å². The summed E-state index contributed by atoms with van der Waals surface area (Å²) >= 11 is 0. The summed E-state index contributed by atoms with van der Waals surface area (Å²) in [6.07, 6.45) is 1.37. The molecule has 1 rings (SSSR count). The smallest absolute Gasteiger partial charge is 0.444 e. The SMILES string of the molecule is CC(C)Cn1ccc([B-](F)(F)F)n1.[K+]. The van der Waals surface area contributed by atoms with Gasteiger partial charge in [-0.3, -0.25) is 4.68 Å². The van der Waals surface area contributed by atoms with E-state index in [2.05, 4.69) is 5.10 Å². The summed E-state index contributed by atoms with van der Waals surface area (Å²) < 4.78 is 37.7. The zero-order valence-corrected chi connectivity index (χ0v) is 11.7. The van der Waals surface area contributed by atoms with E-state index in [-0.39, 0.29) is 51.4 Å². The first-order chi connectivity index (χ1) is 5.89. The average molecular weight is 230 g/mol. The Labute approximate surface area is 124 Å². The third-order valence-electron chi connectivity index (χ3n) is 1.55. The van der Waals surface area contributed by atoms with Crippen LogP contribution in [0.2, 0.25) is 0 Å². The molecule has 0 unspecified atom stereocenters. The van der Waals surface area contributed by atoms with E-state index < -0.39 is 12.6 Å². The van der Waals surface area contributed by atoms with E-state index in [0.717, 1.165) is 6.07 Å². The van der Waals surface area contributed by atoms with Crippen LogP contribution in [0.15, 0.2) is 12.3 Å². The molecular formula is C7H11BF3KN2. The first-order valence-electron chi connectivity index (χ1n) is 4.13. The Morgan fingerprint density at radius 2 is 2.00 bits per heavy atom. The van der Waals surface area contributed by atoms with E-state index in [1.165, 1.54) is 10.9 Å². The molecule has 0 saturated heterocycles. The summed E-state index contributed by atoms with van der Waals surface area (Å²) in [7, 11) is 0. The van der Waals surface area contributed by atoms with Crippen LogP contribution in [0.4, 0.5) is 12.9 Å². The second-order valence-electron chi connectivity index (χ2n) is 3.43. The molecule has 0 aromatic carbocycles. The van der Waals surface area contributed by atoms with Crippen molar-refractivity contribution in [2.75, 3.05) is 0 Å². The number of hydrogen-bond donors (Lipinski definition) is 0. The van der Waals surface area contributed by atoms with Crippen molar-refractivity contribution in [2.45, 2.75) is 20.4 Å². The Bertz CT molecular complexity index is 285. The van der Waals surface area contributed by atoms with Crippen LogP contribution in [0.3, 0.4) is 0 Å². The van der Waals surface area contributed by atoms with Crippen LogP contribution in [0.5, 0.6) is 0 Å². The van der Waals surface area contributed by atoms with Crippen molar-refractivity contribution >= 4 is 12.6 Å². The van der Waals surface area contributed by atoms with Gasteiger partial charge in [-0.05, 0) is 5.92 Å². The molecule has 0 spiro atoms. The largest absolute Gasteiger partial charge is 1.00 e. The zero-order chi connectivity index (χ0) is 10.1. The van der Waals surface area contributed by atoms with Crippen LogP contribution >= 0.6 is 0 Å². The number of halogens is 3. The Kier molecular flexibility index (Phi) is 5.98. The summed E-state index contributed by atoms with van der Waals surface area (Å²) in [5, 5.41) is 3.44. The fourth-order valence-corrected chi connectivity index (χ4v) is 1.03. The van der Waals surface area contributed by atoms with Gasteiger partial charge in [-0.1, -0.05) is 19.9 Å². The summed E-state index contributed by atoms with van der Waals surface area (Å²) in [6.45, 7) is -0.564. The molecule has 0 aliphatic heterocycles. The summed E-state index contributed by atoms with van der Waals surface area (Å²) in [4.78, 5) is 0. The maximum Gasteiger partial charge on any atom is 1.00 e. The van der Waals surface area contributed by atoms with Gasteiger partial charge < -0.3 is 12.9 Å². The summed E-state index contributed by atoms with van der Waals surface area (Å²) in [5.41, 5.74) is -0.763. The molecule has 0 atom stereocenters. The molecule has 1 aromatic heterocycles. The quantitative estimate of drug-likeness (QED) is 0.584. The van der Waals surface area contributed by atoms with E-state index >= 15 is 0 Å². The molecule has 1 aromatic rings. The van der Waals surface area contributed by atoms with E-state index in [0.29, 0.717) is 12.5 Å². The topological polar surface area (TPSA) is 17.8 Å². The number of aromatic nitrogens is 2. The summed E-state index contributed by atoms with van der Waals surface area (Å²) in [5.74, 6) is 0.300. The molecule has 0 aliphatic carbocycles. The van der Waals surface area contributed by atoms with Crippen LogP contribution in [-0.2, 0) is 6.54 Å². The van der Waals surface area contributed by atoms with Crippen molar-refractivity contribution in [3.8, 4) is 0 Å². The molecule has 0 amide bonds. The third-order valence-corrected chi connectivity index (χ3v) is 1.55. The number of hydrogen-bond acceptors (Lipinski definition) is 1. The van der Waals surface area contributed by atoms with Gasteiger partial charge in [-0.15, -0.1) is 0 Å². The zero-order valence-electron chi connectivity index (χ0n) is 8.54. The minimum absolute atomic E-state index is 0. The minimum Gasteiger partial charge on any atom is -0.444 e. The van der Waals surface area contributed by atoms with Crippen molar-refractivity contribution in [1.82, 2.24) is 9.78 Å². The monoisotopic (exact) mass is 230 g/mol. The summed E-state index contributed by atoms with van der Waals surface area (Å²) in [6, 6.07) is 1.02. The molecular weight excluding hydrogens is 219 g/mol. The van der Waals surface area contributed by atoms with Gasteiger partial charge in [-0.25, -0.2) is 5.10 Å². The van der Waals surface area contributed by atoms with Crippen LogP contribution in [0, 0.1) is 5.92 Å². The Balaban J connectivity index is 0.00000169. The van der Waals surface area contributed by atoms with Crippen molar-refractivity contribution in [3.63, 3.8) is 0 Å². The van der Waals surface area contributed by atoms with E-state index in [4.69, 9.17) is 0 Å². The molecule has 0 radical (unpaired) electrons. The number of nitrogens with zero attached hydrogens (tertiary/aromatic N) is 2. The second-order valence-corrected chi connectivity index (χ2v) is 3.43. The molecule has 74 valence electrons. The van der Waals surface area contributed by atoms with Crippen LogP contribution < -0.4 is 57.0 Å². The average Bonchev–Trinajstić information content (AvgIpc) is 2.32. The van der Waals surface area contributed by atoms with Crippen molar-refractivity contribution in [3.05, 3.63) is 12.3 Å². The Morgan fingerprint density at radius 3 is 2.36 bits per heavy atom. The maximum atomic E-state index is 12.1. The maximum absolute atomic E-state index is 12.1. The number of rotatable bonds is 3. The van der Waals surface area contributed by atoms with Gasteiger partial charge in [0.25, 0.3) is 0 Å². The van der Waals surface area contributed by atoms with Gasteiger partial charge in [0.2, 0.25) is 0 Å².